The van der Waals surface area contributed by atoms with E-state index in [0.717, 1.165) is 34.0 Å². The number of nitrogens with one attached hydrogen (secondary N) is 1. The van der Waals surface area contributed by atoms with Crippen molar-refractivity contribution in [2.45, 2.75) is 19.8 Å². The molecule has 0 aliphatic carbocycles. The third-order valence-corrected chi connectivity index (χ3v) is 3.90. The van der Waals surface area contributed by atoms with E-state index in [1.54, 1.807) is 6.33 Å². The number of halogens is 1. The second-order valence-electron chi connectivity index (χ2n) is 4.67. The summed E-state index contributed by atoms with van der Waals surface area (Å²) in [6.45, 7) is 2.11. The average Bonchev–Trinajstić information content (AvgIpc) is 2.81. The largest absolute Gasteiger partial charge is 0.345 e. The van der Waals surface area contributed by atoms with Gasteiger partial charge in [0, 0.05) is 10.7 Å². The number of benzene rings is 1. The highest BCUT2D eigenvalue weighted by atomic mass is 79.9. The topological polar surface area (TPSA) is 41.6 Å². The van der Waals surface area contributed by atoms with Crippen LogP contribution in [-0.4, -0.2) is 15.0 Å². The van der Waals surface area contributed by atoms with Crippen molar-refractivity contribution in [3.8, 4) is 0 Å². The number of H-pyrrole nitrogens is 1. The van der Waals surface area contributed by atoms with E-state index in [2.05, 4.69) is 62.1 Å². The lowest BCUT2D eigenvalue weighted by Crippen LogP contribution is -1.96. The molecular weight excluding hydrogens is 302 g/mol. The Morgan fingerprint density at radius 2 is 1.89 bits per heavy atom. The fourth-order valence-corrected chi connectivity index (χ4v) is 2.72. The van der Waals surface area contributed by atoms with Crippen molar-refractivity contribution in [1.29, 1.82) is 0 Å². The van der Waals surface area contributed by atoms with Gasteiger partial charge in [-0.1, -0.05) is 29.8 Å². The molecule has 0 unspecified atom stereocenters. The van der Waals surface area contributed by atoms with E-state index in [4.69, 9.17) is 0 Å². The first-order chi connectivity index (χ1) is 9.24. The monoisotopic (exact) mass is 315 g/mol. The van der Waals surface area contributed by atoms with Crippen LogP contribution in [0.2, 0.25) is 0 Å². The van der Waals surface area contributed by atoms with Crippen molar-refractivity contribution in [2.75, 3.05) is 0 Å². The van der Waals surface area contributed by atoms with Gasteiger partial charge < -0.3 is 4.98 Å². The van der Waals surface area contributed by atoms with Gasteiger partial charge in [0.1, 0.15) is 12.0 Å². The van der Waals surface area contributed by atoms with Crippen molar-refractivity contribution in [2.24, 2.45) is 0 Å². The number of nitrogens with zero attached hydrogens (tertiary/aromatic N) is 2. The van der Waals surface area contributed by atoms with Gasteiger partial charge in [-0.2, -0.15) is 0 Å². The van der Waals surface area contributed by atoms with Crippen LogP contribution in [0.4, 0.5) is 0 Å². The fraction of sp³-hybridized carbons (Fsp3) is 0.200. The molecule has 0 aliphatic heterocycles. The van der Waals surface area contributed by atoms with Crippen molar-refractivity contribution in [1.82, 2.24) is 15.0 Å². The summed E-state index contributed by atoms with van der Waals surface area (Å²) in [6.07, 6.45) is 5.44. The van der Waals surface area contributed by atoms with Crippen LogP contribution in [0.1, 0.15) is 16.8 Å². The van der Waals surface area contributed by atoms with Crippen LogP contribution in [0.5, 0.6) is 0 Å². The molecule has 0 saturated heterocycles. The molecule has 0 amide bonds. The maximum atomic E-state index is 4.41. The van der Waals surface area contributed by atoms with Crippen LogP contribution in [-0.2, 0) is 12.8 Å². The van der Waals surface area contributed by atoms with Crippen LogP contribution in [0.25, 0.3) is 11.0 Å². The normalized spacial score (nSPS) is 11.1. The summed E-state index contributed by atoms with van der Waals surface area (Å²) >= 11 is 3.54. The number of aromatic amines is 1. The van der Waals surface area contributed by atoms with Gasteiger partial charge in [0.25, 0.3) is 0 Å². The summed E-state index contributed by atoms with van der Waals surface area (Å²) in [5.41, 5.74) is 4.60. The molecule has 0 radical (unpaired) electrons. The summed E-state index contributed by atoms with van der Waals surface area (Å²) in [4.78, 5) is 11.8. The van der Waals surface area contributed by atoms with E-state index in [9.17, 15) is 0 Å². The highest BCUT2D eigenvalue weighted by molar-refractivity contribution is 9.10. The van der Waals surface area contributed by atoms with Gasteiger partial charge in [-0.15, -0.1) is 0 Å². The molecule has 1 N–H and O–H groups in total. The third kappa shape index (κ3) is 2.54. The van der Waals surface area contributed by atoms with Gasteiger partial charge >= 0.3 is 0 Å². The summed E-state index contributed by atoms with van der Waals surface area (Å²) in [5.74, 6) is 0. The molecule has 2 heterocycles. The maximum absolute atomic E-state index is 4.41. The minimum Gasteiger partial charge on any atom is -0.345 e. The summed E-state index contributed by atoms with van der Waals surface area (Å²) < 4.78 is 1.03. The second-order valence-corrected chi connectivity index (χ2v) is 5.52. The SMILES string of the molecule is Cc1ccc(CCc2ncnc3[nH]cc(Br)c23)cc1. The number of aromatic nitrogens is 3. The zero-order valence-electron chi connectivity index (χ0n) is 10.7. The average molecular weight is 316 g/mol. The number of hydrogen-bond donors (Lipinski definition) is 1. The molecule has 0 bridgehead atoms. The molecule has 1 aromatic carbocycles. The first-order valence-corrected chi connectivity index (χ1v) is 7.05. The Hall–Kier alpha value is -1.68. The van der Waals surface area contributed by atoms with E-state index in [1.807, 2.05) is 6.20 Å². The lowest BCUT2D eigenvalue weighted by Gasteiger charge is -2.04. The fourth-order valence-electron chi connectivity index (χ4n) is 2.19. The predicted molar refractivity (Wildman–Crippen MR) is 80.2 cm³/mol. The first-order valence-electron chi connectivity index (χ1n) is 6.26. The number of rotatable bonds is 3. The van der Waals surface area contributed by atoms with E-state index >= 15 is 0 Å². The quantitative estimate of drug-likeness (QED) is 0.798. The summed E-state index contributed by atoms with van der Waals surface area (Å²) in [5, 5.41) is 1.09. The van der Waals surface area contributed by atoms with E-state index < -0.39 is 0 Å². The van der Waals surface area contributed by atoms with Crippen molar-refractivity contribution in [3.05, 3.63) is 58.1 Å². The molecule has 0 spiro atoms. The van der Waals surface area contributed by atoms with Gasteiger partial charge in [0.05, 0.1) is 11.1 Å². The van der Waals surface area contributed by atoms with Gasteiger partial charge in [-0.3, -0.25) is 0 Å². The highest BCUT2D eigenvalue weighted by Gasteiger charge is 2.09. The zero-order chi connectivity index (χ0) is 13.2. The Kier molecular flexibility index (Phi) is 3.34. The summed E-state index contributed by atoms with van der Waals surface area (Å²) in [7, 11) is 0. The molecule has 96 valence electrons. The maximum Gasteiger partial charge on any atom is 0.142 e. The molecule has 0 fully saturated rings. The van der Waals surface area contributed by atoms with Crippen LogP contribution >= 0.6 is 15.9 Å². The minimum absolute atomic E-state index is 0.890. The Morgan fingerprint density at radius 1 is 1.11 bits per heavy atom. The Morgan fingerprint density at radius 3 is 2.68 bits per heavy atom. The Bertz CT molecular complexity index is 701. The van der Waals surface area contributed by atoms with Crippen LogP contribution in [0.15, 0.2) is 41.3 Å². The standard InChI is InChI=1S/C15H14BrN3/c1-10-2-4-11(5-3-10)6-7-13-14-12(16)8-17-15(14)19-9-18-13/h2-5,8-9H,6-7H2,1H3,(H,17,18,19). The number of aryl methyl sites for hydroxylation is 3. The molecular formula is C15H14BrN3. The Labute approximate surface area is 120 Å². The predicted octanol–water partition coefficient (Wildman–Crippen LogP) is 3.81. The molecule has 3 nitrogen and oxygen atoms in total. The van der Waals surface area contributed by atoms with E-state index in [1.165, 1.54) is 11.1 Å². The molecule has 0 saturated carbocycles. The van der Waals surface area contributed by atoms with Gasteiger partial charge in [0.2, 0.25) is 0 Å². The smallest absolute Gasteiger partial charge is 0.142 e. The molecule has 0 atom stereocenters. The zero-order valence-corrected chi connectivity index (χ0v) is 12.2. The second kappa shape index (κ2) is 5.13. The van der Waals surface area contributed by atoms with Crippen LogP contribution < -0.4 is 0 Å². The molecule has 0 aliphatic rings. The van der Waals surface area contributed by atoms with Crippen molar-refractivity contribution in [3.63, 3.8) is 0 Å². The molecule has 4 heteroatoms. The molecule has 3 rings (SSSR count). The van der Waals surface area contributed by atoms with Gasteiger partial charge in [0.15, 0.2) is 0 Å². The lowest BCUT2D eigenvalue weighted by atomic mass is 10.1. The number of hydrogen-bond acceptors (Lipinski definition) is 2. The molecule has 2 aromatic heterocycles. The molecule has 19 heavy (non-hydrogen) atoms. The van der Waals surface area contributed by atoms with Gasteiger partial charge in [-0.05, 0) is 41.3 Å². The highest BCUT2D eigenvalue weighted by Crippen LogP contribution is 2.25. The molecule has 3 aromatic rings. The lowest BCUT2D eigenvalue weighted by molar-refractivity contribution is 0.916. The van der Waals surface area contributed by atoms with Crippen LogP contribution in [0.3, 0.4) is 0 Å². The first kappa shape index (κ1) is 12.4. The summed E-state index contributed by atoms with van der Waals surface area (Å²) in [6, 6.07) is 8.66. The van der Waals surface area contributed by atoms with Crippen molar-refractivity contribution >= 4 is 27.0 Å². The van der Waals surface area contributed by atoms with E-state index in [0.29, 0.717) is 0 Å². The van der Waals surface area contributed by atoms with E-state index in [-0.39, 0.29) is 0 Å². The number of fused-ring (bicyclic) bond motifs is 1. The van der Waals surface area contributed by atoms with Crippen LogP contribution in [0, 0.1) is 6.92 Å². The Balaban J connectivity index is 1.85. The third-order valence-electron chi connectivity index (χ3n) is 3.27. The van der Waals surface area contributed by atoms with Gasteiger partial charge in [-0.25, -0.2) is 9.97 Å². The van der Waals surface area contributed by atoms with Crippen molar-refractivity contribution < 1.29 is 0 Å². The minimum atomic E-state index is 0.890.